The number of carbonyl (C=O) groups is 2. The second kappa shape index (κ2) is 15.2. The van der Waals surface area contributed by atoms with Crippen LogP contribution in [-0.4, -0.2) is 57.0 Å². The molecule has 3 aromatic carbocycles. The van der Waals surface area contributed by atoms with Gasteiger partial charge in [-0.05, 0) is 53.8 Å². The van der Waals surface area contributed by atoms with E-state index >= 15 is 0 Å². The molecule has 0 heterocycles. The summed E-state index contributed by atoms with van der Waals surface area (Å²) >= 11 is 0. The first-order valence-corrected chi connectivity index (χ1v) is 14.7. The van der Waals surface area contributed by atoms with Crippen LogP contribution in [0, 0.1) is 0 Å². The van der Waals surface area contributed by atoms with Gasteiger partial charge in [-0.25, -0.2) is 13.1 Å². The number of nitrogens with one attached hydrogen (secondary N) is 2. The normalized spacial score (nSPS) is 12.0. The first kappa shape index (κ1) is 30.8. The smallest absolute Gasteiger partial charge is 0.247 e. The van der Waals surface area contributed by atoms with Crippen molar-refractivity contribution in [2.24, 2.45) is 0 Å². The number of methoxy groups -OCH3 is 1. The third-order valence-electron chi connectivity index (χ3n) is 6.34. The molecule has 0 bridgehead atoms. The third kappa shape index (κ3) is 8.64. The van der Waals surface area contributed by atoms with Crippen molar-refractivity contribution >= 4 is 21.8 Å². The zero-order valence-corrected chi connectivity index (χ0v) is 23.7. The lowest BCUT2D eigenvalue weighted by atomic mass is 10.0. The molecule has 214 valence electrons. The molecule has 0 unspecified atom stereocenters. The van der Waals surface area contributed by atoms with Gasteiger partial charge in [0.2, 0.25) is 21.8 Å². The molecule has 0 radical (unpaired) electrons. The summed E-state index contributed by atoms with van der Waals surface area (Å²) in [6, 6.07) is 22.0. The molecule has 0 aliphatic carbocycles. The molecule has 3 rings (SSSR count). The van der Waals surface area contributed by atoms with Crippen LogP contribution in [0.3, 0.4) is 0 Å². The summed E-state index contributed by atoms with van der Waals surface area (Å²) in [6.45, 7) is 2.42. The van der Waals surface area contributed by atoms with Gasteiger partial charge in [-0.3, -0.25) is 9.59 Å². The van der Waals surface area contributed by atoms with Crippen LogP contribution < -0.4 is 14.8 Å². The van der Waals surface area contributed by atoms with Gasteiger partial charge >= 0.3 is 0 Å². The number of amides is 2. The van der Waals surface area contributed by atoms with Crippen LogP contribution in [0.2, 0.25) is 0 Å². The number of aliphatic hydroxyl groups is 1. The van der Waals surface area contributed by atoms with Crippen molar-refractivity contribution < 1.29 is 27.9 Å². The molecule has 0 saturated carbocycles. The molecule has 0 aliphatic rings. The predicted octanol–water partition coefficient (Wildman–Crippen LogP) is 3.19. The average molecular weight is 568 g/mol. The molecule has 0 aromatic heterocycles. The minimum Gasteiger partial charge on any atom is -0.497 e. The first-order valence-electron chi connectivity index (χ1n) is 13.2. The van der Waals surface area contributed by atoms with Crippen LogP contribution in [-0.2, 0) is 32.6 Å². The topological polar surface area (TPSA) is 125 Å². The van der Waals surface area contributed by atoms with E-state index in [0.29, 0.717) is 30.7 Å². The Morgan fingerprint density at radius 1 is 0.950 bits per heavy atom. The zero-order valence-electron chi connectivity index (χ0n) is 22.9. The molecule has 3 aromatic rings. The number of ether oxygens (including phenoxy) is 1. The number of hydrogen-bond donors (Lipinski definition) is 3. The van der Waals surface area contributed by atoms with Crippen LogP contribution >= 0.6 is 0 Å². The second-order valence-corrected chi connectivity index (χ2v) is 11.0. The Bertz CT molecular complexity index is 1330. The number of aryl methyl sites for hydroxylation is 1. The minimum absolute atomic E-state index is 0.0562. The highest BCUT2D eigenvalue weighted by Crippen LogP contribution is 2.26. The van der Waals surface area contributed by atoms with Gasteiger partial charge in [0.15, 0.2) is 0 Å². The van der Waals surface area contributed by atoms with Crippen LogP contribution in [0.1, 0.15) is 42.5 Å². The highest BCUT2D eigenvalue weighted by molar-refractivity contribution is 7.89. The molecule has 0 aliphatic heterocycles. The van der Waals surface area contributed by atoms with Gasteiger partial charge in [-0.2, -0.15) is 0 Å². The van der Waals surface area contributed by atoms with Gasteiger partial charge in [-0.15, -0.1) is 0 Å². The Hall–Kier alpha value is -3.73. The molecule has 3 N–H and O–H groups in total. The standard InChI is InChI=1S/C30H37N3O6S/c1-3-32-40(37,38)27-17-12-23(13-18-27)14-19-28(35)33(22-24-10-15-26(39-2)16-11-24)29(25-8-5-4-6-9-25)30(36)31-20-7-21-34/h4-6,8-13,15-18,29,32,34H,3,7,14,19-22H2,1-2H3,(H,31,36)/t29-/m1/s1. The van der Waals surface area contributed by atoms with Crippen molar-refractivity contribution in [3.05, 3.63) is 95.6 Å². The predicted molar refractivity (Wildman–Crippen MR) is 153 cm³/mol. The summed E-state index contributed by atoms with van der Waals surface area (Å²) in [4.78, 5) is 29.0. The van der Waals surface area contributed by atoms with Crippen LogP contribution in [0.4, 0.5) is 0 Å². The summed E-state index contributed by atoms with van der Waals surface area (Å²) in [6.07, 6.45) is 0.884. The fourth-order valence-corrected chi connectivity index (χ4v) is 5.29. The molecule has 9 nitrogen and oxygen atoms in total. The van der Waals surface area contributed by atoms with Crippen molar-refractivity contribution in [2.45, 2.75) is 43.7 Å². The van der Waals surface area contributed by atoms with Crippen molar-refractivity contribution in [1.82, 2.24) is 14.9 Å². The fourth-order valence-electron chi connectivity index (χ4n) is 4.25. The van der Waals surface area contributed by atoms with Crippen LogP contribution in [0.15, 0.2) is 83.8 Å². The lowest BCUT2D eigenvalue weighted by molar-refractivity contribution is -0.141. The zero-order chi connectivity index (χ0) is 29.0. The van der Waals surface area contributed by atoms with E-state index in [9.17, 15) is 23.1 Å². The van der Waals surface area contributed by atoms with Gasteiger partial charge in [-0.1, -0.05) is 61.5 Å². The highest BCUT2D eigenvalue weighted by atomic mass is 32.2. The molecule has 40 heavy (non-hydrogen) atoms. The van der Waals surface area contributed by atoms with E-state index in [4.69, 9.17) is 4.74 Å². The lowest BCUT2D eigenvalue weighted by Crippen LogP contribution is -2.43. The lowest BCUT2D eigenvalue weighted by Gasteiger charge is -2.32. The maximum Gasteiger partial charge on any atom is 0.247 e. The fraction of sp³-hybridized carbons (Fsp3) is 0.333. The molecule has 0 spiro atoms. The van der Waals surface area contributed by atoms with Crippen LogP contribution in [0.25, 0.3) is 0 Å². The Labute approximate surface area is 236 Å². The van der Waals surface area contributed by atoms with E-state index in [1.54, 1.807) is 43.2 Å². The number of sulfonamides is 1. The number of carbonyl (C=O) groups excluding carboxylic acids is 2. The Morgan fingerprint density at radius 2 is 1.60 bits per heavy atom. The van der Waals surface area contributed by atoms with Crippen molar-refractivity contribution in [3.63, 3.8) is 0 Å². The van der Waals surface area contributed by atoms with Gasteiger partial charge in [0, 0.05) is 32.7 Å². The maximum atomic E-state index is 13.8. The summed E-state index contributed by atoms with van der Waals surface area (Å²) in [5.41, 5.74) is 2.30. The third-order valence-corrected chi connectivity index (χ3v) is 7.90. The SMILES string of the molecule is CCNS(=O)(=O)c1ccc(CCC(=O)N(Cc2ccc(OC)cc2)[C@@H](C(=O)NCCCO)c2ccccc2)cc1. The van der Waals surface area contributed by atoms with Crippen LogP contribution in [0.5, 0.6) is 5.75 Å². The maximum absolute atomic E-state index is 13.8. The first-order chi connectivity index (χ1) is 19.3. The minimum atomic E-state index is -3.57. The molecular formula is C30H37N3O6S. The summed E-state index contributed by atoms with van der Waals surface area (Å²) in [7, 11) is -1.99. The Kier molecular flexibility index (Phi) is 11.7. The van der Waals surface area contributed by atoms with Gasteiger partial charge in [0.1, 0.15) is 11.8 Å². The summed E-state index contributed by atoms with van der Waals surface area (Å²) in [5, 5.41) is 12.0. The monoisotopic (exact) mass is 567 g/mol. The highest BCUT2D eigenvalue weighted by Gasteiger charge is 2.31. The van der Waals surface area contributed by atoms with Gasteiger partial charge < -0.3 is 20.1 Å². The number of hydrogen-bond acceptors (Lipinski definition) is 6. The summed E-state index contributed by atoms with van der Waals surface area (Å²) < 4.78 is 32.2. The van der Waals surface area contributed by atoms with Crippen molar-refractivity contribution in [1.29, 1.82) is 0 Å². The largest absolute Gasteiger partial charge is 0.497 e. The molecule has 1 atom stereocenters. The average Bonchev–Trinajstić information content (AvgIpc) is 2.97. The van der Waals surface area contributed by atoms with E-state index < -0.39 is 16.1 Å². The number of nitrogens with zero attached hydrogens (tertiary/aromatic N) is 1. The number of rotatable bonds is 15. The molecule has 0 fully saturated rings. The molecular weight excluding hydrogens is 530 g/mol. The molecule has 2 amide bonds. The second-order valence-electron chi connectivity index (χ2n) is 9.20. The van der Waals surface area contributed by atoms with Gasteiger partial charge in [0.25, 0.3) is 0 Å². The van der Waals surface area contributed by atoms with E-state index in [-0.39, 0.29) is 42.8 Å². The number of aliphatic hydroxyl groups excluding tert-OH is 1. The van der Waals surface area contributed by atoms with E-state index in [0.717, 1.165) is 11.1 Å². The van der Waals surface area contributed by atoms with Gasteiger partial charge in [0.05, 0.1) is 12.0 Å². The Balaban J connectivity index is 1.88. The van der Waals surface area contributed by atoms with Crippen molar-refractivity contribution in [2.75, 3.05) is 26.8 Å². The molecule has 10 heteroatoms. The van der Waals surface area contributed by atoms with Crippen molar-refractivity contribution in [3.8, 4) is 5.75 Å². The summed E-state index contributed by atoms with van der Waals surface area (Å²) in [5.74, 6) is 0.119. The van der Waals surface area contributed by atoms with E-state index in [1.807, 2.05) is 42.5 Å². The number of benzene rings is 3. The quantitative estimate of drug-likeness (QED) is 0.242. The molecule has 0 saturated heterocycles. The van der Waals surface area contributed by atoms with E-state index in [1.165, 1.54) is 12.1 Å². The Morgan fingerprint density at radius 3 is 2.20 bits per heavy atom. The van der Waals surface area contributed by atoms with E-state index in [2.05, 4.69) is 10.0 Å².